The van der Waals surface area contributed by atoms with Crippen LogP contribution in [0.15, 0.2) is 42.5 Å². The lowest BCUT2D eigenvalue weighted by molar-refractivity contribution is -0.137. The Morgan fingerprint density at radius 1 is 1.17 bits per heavy atom. The first-order chi connectivity index (χ1) is 17.1. The van der Waals surface area contributed by atoms with Crippen molar-refractivity contribution in [2.45, 2.75) is 57.2 Å². The third-order valence-electron chi connectivity index (χ3n) is 6.69. The lowest BCUT2D eigenvalue weighted by atomic mass is 9.75. The van der Waals surface area contributed by atoms with E-state index in [1.54, 1.807) is 4.90 Å². The van der Waals surface area contributed by atoms with Crippen LogP contribution in [0.2, 0.25) is 0 Å². The van der Waals surface area contributed by atoms with E-state index in [1.165, 1.54) is 6.07 Å². The van der Waals surface area contributed by atoms with Gasteiger partial charge in [-0.05, 0) is 81.1 Å². The number of amides is 2. The van der Waals surface area contributed by atoms with Gasteiger partial charge in [-0.15, -0.1) is 0 Å². The molecule has 2 fully saturated rings. The zero-order chi connectivity index (χ0) is 26.1. The van der Waals surface area contributed by atoms with Crippen LogP contribution in [0, 0.1) is 6.57 Å². The number of hydrogen-bond donors (Lipinski definition) is 1. The predicted octanol–water partition coefficient (Wildman–Crippen LogP) is 5.78. The number of thiocarbonyl (C=S) groups is 1. The van der Waals surface area contributed by atoms with E-state index in [0.717, 1.165) is 29.0 Å². The Morgan fingerprint density at radius 2 is 1.83 bits per heavy atom. The molecule has 1 N–H and O–H groups in total. The molecule has 188 valence electrons. The molecule has 2 amide bonds. The molecule has 6 nitrogen and oxygen atoms in total. The number of nitrogens with one attached hydrogen (secondary N) is 1. The molecule has 10 heteroatoms. The van der Waals surface area contributed by atoms with Gasteiger partial charge in [0, 0.05) is 24.3 Å². The average molecular weight is 515 g/mol. The molecule has 1 spiro atoms. The van der Waals surface area contributed by atoms with Crippen molar-refractivity contribution in [3.63, 3.8) is 0 Å². The summed E-state index contributed by atoms with van der Waals surface area (Å²) in [4.78, 5) is 31.1. The Kier molecular flexibility index (Phi) is 7.05. The fourth-order valence-corrected chi connectivity index (χ4v) is 5.21. The van der Waals surface area contributed by atoms with Gasteiger partial charge in [-0.1, -0.05) is 18.2 Å². The minimum atomic E-state index is -4.73. The van der Waals surface area contributed by atoms with Crippen LogP contribution in [0.1, 0.15) is 50.2 Å². The Bertz CT molecular complexity index is 1230. The lowest BCUT2D eigenvalue weighted by Gasteiger charge is -2.43. The molecule has 0 radical (unpaired) electrons. The van der Waals surface area contributed by atoms with Crippen LogP contribution < -0.4 is 15.1 Å². The van der Waals surface area contributed by atoms with E-state index in [-0.39, 0.29) is 22.6 Å². The molecule has 0 aromatic heterocycles. The normalized spacial score (nSPS) is 16.8. The first kappa shape index (κ1) is 25.6. The van der Waals surface area contributed by atoms with Gasteiger partial charge in [0.05, 0.1) is 12.1 Å². The molecule has 0 bridgehead atoms. The van der Waals surface area contributed by atoms with E-state index in [9.17, 15) is 22.8 Å². The van der Waals surface area contributed by atoms with Gasteiger partial charge in [0.1, 0.15) is 5.54 Å². The molecule has 1 heterocycles. The first-order valence-electron chi connectivity index (χ1n) is 11.8. The molecule has 2 aliphatic rings. The molecule has 4 rings (SSSR count). The summed E-state index contributed by atoms with van der Waals surface area (Å²) in [6.07, 6.45) is -0.990. The summed E-state index contributed by atoms with van der Waals surface area (Å²) in [6, 6.07) is 10.8. The average Bonchev–Trinajstić information content (AvgIpc) is 3.05. The number of anilines is 2. The molecule has 1 aliphatic heterocycles. The van der Waals surface area contributed by atoms with Crippen molar-refractivity contribution in [3.8, 4) is 0 Å². The van der Waals surface area contributed by atoms with E-state index >= 15 is 0 Å². The third-order valence-corrected chi connectivity index (χ3v) is 7.06. The van der Waals surface area contributed by atoms with Crippen LogP contribution in [0.3, 0.4) is 0 Å². The van der Waals surface area contributed by atoms with Crippen LogP contribution in [0.25, 0.3) is 4.85 Å². The maximum atomic E-state index is 13.6. The first-order valence-corrected chi connectivity index (χ1v) is 12.2. The fraction of sp³-hybridized carbons (Fsp3) is 0.385. The second-order valence-electron chi connectivity index (χ2n) is 8.93. The number of nitrogens with zero attached hydrogens (tertiary/aromatic N) is 3. The number of halogens is 3. The molecule has 36 heavy (non-hydrogen) atoms. The zero-order valence-electron chi connectivity index (χ0n) is 19.7. The number of hydrogen-bond acceptors (Lipinski definition) is 3. The summed E-state index contributed by atoms with van der Waals surface area (Å²) < 4.78 is 40.7. The molecule has 1 aliphatic carbocycles. The summed E-state index contributed by atoms with van der Waals surface area (Å²) >= 11 is 5.65. The summed E-state index contributed by atoms with van der Waals surface area (Å²) in [6.45, 7) is 9.53. The van der Waals surface area contributed by atoms with Gasteiger partial charge in [-0.25, -0.2) is 4.85 Å². The Morgan fingerprint density at radius 3 is 2.39 bits per heavy atom. The van der Waals surface area contributed by atoms with Crippen molar-refractivity contribution in [2.24, 2.45) is 0 Å². The van der Waals surface area contributed by atoms with Crippen LogP contribution >= 0.6 is 12.2 Å². The molecular weight excluding hydrogens is 489 g/mol. The van der Waals surface area contributed by atoms with E-state index in [1.807, 2.05) is 31.2 Å². The van der Waals surface area contributed by atoms with Crippen molar-refractivity contribution >= 4 is 46.2 Å². The van der Waals surface area contributed by atoms with Crippen LogP contribution in [-0.2, 0) is 22.2 Å². The second-order valence-corrected chi connectivity index (χ2v) is 9.29. The van der Waals surface area contributed by atoms with Crippen LogP contribution in [-0.4, -0.2) is 29.0 Å². The maximum absolute atomic E-state index is 13.6. The smallest absolute Gasteiger partial charge is 0.356 e. The topological polar surface area (TPSA) is 57.0 Å². The number of aryl methyl sites for hydroxylation is 1. The standard InChI is InChI=1S/C26H25F3N4O2S/c1-3-31-22(34)7-4-6-17-8-10-18(11-9-17)33-24(36)32(23(35)25(33)14-5-15-25)19-12-13-21(30-2)20(16-19)26(27,28)29/h8-13,16H,3-7,14-15H2,1H3,(H,31,34). The van der Waals surface area contributed by atoms with Crippen molar-refractivity contribution in [3.05, 3.63) is 65.0 Å². The Balaban J connectivity index is 1.60. The Labute approximate surface area is 212 Å². The van der Waals surface area contributed by atoms with Gasteiger partial charge in [-0.3, -0.25) is 14.5 Å². The molecule has 1 saturated heterocycles. The second kappa shape index (κ2) is 9.90. The highest BCUT2D eigenvalue weighted by molar-refractivity contribution is 7.81. The molecule has 0 atom stereocenters. The van der Waals surface area contributed by atoms with Crippen molar-refractivity contribution < 1.29 is 22.8 Å². The van der Waals surface area contributed by atoms with Crippen molar-refractivity contribution in [1.82, 2.24) is 5.32 Å². The monoisotopic (exact) mass is 514 g/mol. The van der Waals surface area contributed by atoms with E-state index in [4.69, 9.17) is 18.8 Å². The van der Waals surface area contributed by atoms with Crippen LogP contribution in [0.5, 0.6) is 0 Å². The number of benzene rings is 2. The quantitative estimate of drug-likeness (QED) is 0.376. The predicted molar refractivity (Wildman–Crippen MR) is 135 cm³/mol. The molecule has 0 unspecified atom stereocenters. The van der Waals surface area contributed by atoms with Gasteiger partial charge in [-0.2, -0.15) is 13.2 Å². The summed E-state index contributed by atoms with van der Waals surface area (Å²) in [5.41, 5.74) is -0.820. The lowest BCUT2D eigenvalue weighted by Crippen LogP contribution is -2.55. The maximum Gasteiger partial charge on any atom is 0.407 e. The van der Waals surface area contributed by atoms with Gasteiger partial charge < -0.3 is 10.2 Å². The van der Waals surface area contributed by atoms with Crippen molar-refractivity contribution in [2.75, 3.05) is 16.3 Å². The summed E-state index contributed by atoms with van der Waals surface area (Å²) in [7, 11) is 0. The number of carbonyl (C=O) groups excluding carboxylic acids is 2. The van der Waals surface area contributed by atoms with Crippen molar-refractivity contribution in [1.29, 1.82) is 0 Å². The Hall–Kier alpha value is -3.45. The molecule has 2 aromatic rings. The van der Waals surface area contributed by atoms with E-state index in [0.29, 0.717) is 44.3 Å². The fourth-order valence-electron chi connectivity index (χ4n) is 4.75. The molecular formula is C26H25F3N4O2S. The number of carbonyl (C=O) groups is 2. The van der Waals surface area contributed by atoms with Gasteiger partial charge >= 0.3 is 6.18 Å². The number of alkyl halides is 3. The van der Waals surface area contributed by atoms with Gasteiger partial charge in [0.15, 0.2) is 10.8 Å². The SMILES string of the molecule is [C-]#[N+]c1ccc(N2C(=O)C3(CCC3)N(c3ccc(CCCC(=O)NCC)cc3)C2=S)cc1C(F)(F)F. The minimum Gasteiger partial charge on any atom is -0.356 e. The summed E-state index contributed by atoms with van der Waals surface area (Å²) in [5, 5.41) is 2.89. The number of rotatable bonds is 7. The zero-order valence-corrected chi connectivity index (χ0v) is 20.5. The van der Waals surface area contributed by atoms with Gasteiger partial charge in [0.2, 0.25) is 5.91 Å². The van der Waals surface area contributed by atoms with E-state index in [2.05, 4.69) is 10.2 Å². The molecule has 1 saturated carbocycles. The minimum absolute atomic E-state index is 0.000441. The van der Waals surface area contributed by atoms with E-state index < -0.39 is 23.0 Å². The third kappa shape index (κ3) is 4.55. The van der Waals surface area contributed by atoms with Gasteiger partial charge in [0.25, 0.3) is 5.91 Å². The molecule has 2 aromatic carbocycles. The highest BCUT2D eigenvalue weighted by Gasteiger charge is 2.59. The summed E-state index contributed by atoms with van der Waals surface area (Å²) in [5.74, 6) is -0.339. The van der Waals surface area contributed by atoms with Crippen LogP contribution in [0.4, 0.5) is 30.2 Å². The highest BCUT2D eigenvalue weighted by atomic mass is 32.1. The largest absolute Gasteiger partial charge is 0.407 e. The highest BCUT2D eigenvalue weighted by Crippen LogP contribution is 2.48.